The summed E-state index contributed by atoms with van der Waals surface area (Å²) in [7, 11) is 1.53. The molecule has 1 aliphatic carbocycles. The molecule has 1 fully saturated rings. The minimum atomic E-state index is -3.26. The van der Waals surface area contributed by atoms with Gasteiger partial charge in [-0.15, -0.1) is 0 Å². The highest BCUT2D eigenvalue weighted by Gasteiger charge is 2.38. The number of aromatic nitrogens is 2. The molecule has 0 radical (unpaired) electrons. The number of fused-ring (bicyclic) bond motifs is 1. The zero-order valence-electron chi connectivity index (χ0n) is 18.0. The Bertz CT molecular complexity index is 1190. The second kappa shape index (κ2) is 8.22. The van der Waals surface area contributed by atoms with Gasteiger partial charge >= 0.3 is 0 Å². The molecule has 164 valence electrons. The first-order chi connectivity index (χ1) is 14.8. The molecule has 31 heavy (non-hydrogen) atoms. The summed E-state index contributed by atoms with van der Waals surface area (Å²) in [5, 5.41) is 4.00. The van der Waals surface area contributed by atoms with Gasteiger partial charge in [0.05, 0.1) is 30.7 Å². The Balaban J connectivity index is 1.57. The number of nitrogens with one attached hydrogen (secondary N) is 1. The molecule has 1 N–H and O–H groups in total. The van der Waals surface area contributed by atoms with Crippen LogP contribution >= 0.6 is 0 Å². The fraction of sp³-hybridized carbons (Fsp3) is 0.364. The van der Waals surface area contributed by atoms with Gasteiger partial charge in [0.15, 0.2) is 11.5 Å². The Hall–Kier alpha value is -3.07. The maximum absolute atomic E-state index is 12.5. The van der Waals surface area contributed by atoms with E-state index in [-0.39, 0.29) is 11.3 Å². The van der Waals surface area contributed by atoms with Crippen LogP contribution in [0.1, 0.15) is 31.4 Å². The Morgan fingerprint density at radius 1 is 1.06 bits per heavy atom. The zero-order chi connectivity index (χ0) is 22.2. The van der Waals surface area contributed by atoms with Crippen molar-refractivity contribution in [3.05, 3.63) is 48.3 Å². The first kappa shape index (κ1) is 21.2. The van der Waals surface area contributed by atoms with Gasteiger partial charge in [0.1, 0.15) is 12.1 Å². The minimum Gasteiger partial charge on any atom is -0.493 e. The van der Waals surface area contributed by atoms with Crippen LogP contribution in [0.5, 0.6) is 11.5 Å². The number of methoxy groups -OCH3 is 2. The standard InChI is InChI=1S/C22H26N4O4S/c1-14(15-5-7-16(8-6-15)26(2)31(27,28)17-9-10-17)25-22-18-11-20(29-3)21(30-4)12-19(18)23-13-24-22/h5-8,11-14,17H,9-10H2,1-4H3,(H,23,24,25). The van der Waals surface area contributed by atoms with Gasteiger partial charge in [-0.05, 0) is 43.5 Å². The van der Waals surface area contributed by atoms with Gasteiger partial charge in [-0.1, -0.05) is 12.1 Å². The van der Waals surface area contributed by atoms with Crippen LogP contribution in [-0.2, 0) is 10.0 Å². The number of nitrogens with zero attached hydrogens (tertiary/aromatic N) is 3. The monoisotopic (exact) mass is 442 g/mol. The number of anilines is 2. The SMILES string of the molecule is COc1cc2ncnc(NC(C)c3ccc(N(C)S(=O)(=O)C4CC4)cc3)c2cc1OC. The maximum Gasteiger partial charge on any atom is 0.237 e. The van der Waals surface area contributed by atoms with E-state index in [0.29, 0.717) is 23.0 Å². The van der Waals surface area contributed by atoms with E-state index < -0.39 is 10.0 Å². The average molecular weight is 443 g/mol. The Kier molecular flexibility index (Phi) is 5.62. The van der Waals surface area contributed by atoms with E-state index in [4.69, 9.17) is 9.47 Å². The van der Waals surface area contributed by atoms with Crippen molar-refractivity contribution in [3.63, 3.8) is 0 Å². The summed E-state index contributed by atoms with van der Waals surface area (Å²) in [4.78, 5) is 8.73. The molecule has 4 rings (SSSR count). The van der Waals surface area contributed by atoms with Gasteiger partial charge in [0.25, 0.3) is 0 Å². The topological polar surface area (TPSA) is 93.7 Å². The van der Waals surface area contributed by atoms with Gasteiger partial charge in [-0.3, -0.25) is 4.31 Å². The summed E-state index contributed by atoms with van der Waals surface area (Å²) in [6, 6.07) is 11.1. The highest BCUT2D eigenvalue weighted by molar-refractivity contribution is 7.93. The molecule has 0 aliphatic heterocycles. The molecule has 2 aromatic carbocycles. The van der Waals surface area contributed by atoms with Gasteiger partial charge in [0.2, 0.25) is 10.0 Å². The number of ether oxygens (including phenoxy) is 2. The fourth-order valence-corrected chi connectivity index (χ4v) is 5.09. The quantitative estimate of drug-likeness (QED) is 0.568. The molecule has 3 aromatic rings. The van der Waals surface area contributed by atoms with Crippen molar-refractivity contribution in [2.24, 2.45) is 0 Å². The van der Waals surface area contributed by atoms with Crippen molar-refractivity contribution in [1.29, 1.82) is 0 Å². The van der Waals surface area contributed by atoms with Crippen LogP contribution in [-0.4, -0.2) is 44.9 Å². The molecule has 1 heterocycles. The van der Waals surface area contributed by atoms with Crippen LogP contribution in [0.4, 0.5) is 11.5 Å². The summed E-state index contributed by atoms with van der Waals surface area (Å²) < 4.78 is 37.1. The van der Waals surface area contributed by atoms with Crippen molar-refractivity contribution in [2.75, 3.05) is 30.9 Å². The van der Waals surface area contributed by atoms with E-state index >= 15 is 0 Å². The molecule has 0 spiro atoms. The smallest absolute Gasteiger partial charge is 0.237 e. The van der Waals surface area contributed by atoms with Crippen molar-refractivity contribution in [2.45, 2.75) is 31.1 Å². The number of sulfonamides is 1. The minimum absolute atomic E-state index is 0.0643. The lowest BCUT2D eigenvalue weighted by Crippen LogP contribution is -2.29. The van der Waals surface area contributed by atoms with Gasteiger partial charge < -0.3 is 14.8 Å². The fourth-order valence-electron chi connectivity index (χ4n) is 3.50. The molecule has 9 heteroatoms. The summed E-state index contributed by atoms with van der Waals surface area (Å²) in [6.45, 7) is 2.02. The highest BCUT2D eigenvalue weighted by Crippen LogP contribution is 2.35. The lowest BCUT2D eigenvalue weighted by molar-refractivity contribution is 0.356. The number of hydrogen-bond donors (Lipinski definition) is 1. The Morgan fingerprint density at radius 3 is 2.32 bits per heavy atom. The first-order valence-electron chi connectivity index (χ1n) is 10.1. The van der Waals surface area contributed by atoms with E-state index in [9.17, 15) is 8.42 Å². The van der Waals surface area contributed by atoms with Crippen LogP contribution in [0.2, 0.25) is 0 Å². The van der Waals surface area contributed by atoms with Crippen LogP contribution in [0, 0.1) is 0 Å². The molecular weight excluding hydrogens is 416 g/mol. The van der Waals surface area contributed by atoms with E-state index in [1.165, 1.54) is 10.6 Å². The maximum atomic E-state index is 12.5. The van der Waals surface area contributed by atoms with Crippen molar-refractivity contribution >= 4 is 32.4 Å². The molecule has 1 unspecified atom stereocenters. The molecular formula is C22H26N4O4S. The summed E-state index contributed by atoms with van der Waals surface area (Å²) >= 11 is 0. The van der Waals surface area contributed by atoms with Crippen molar-refractivity contribution in [3.8, 4) is 11.5 Å². The largest absolute Gasteiger partial charge is 0.493 e. The van der Waals surface area contributed by atoms with Gasteiger partial charge in [-0.2, -0.15) is 0 Å². The molecule has 1 aliphatic rings. The predicted molar refractivity (Wildman–Crippen MR) is 121 cm³/mol. The number of benzene rings is 2. The lowest BCUT2D eigenvalue weighted by Gasteiger charge is -2.21. The summed E-state index contributed by atoms with van der Waals surface area (Å²) in [6.07, 6.45) is 2.99. The third-order valence-corrected chi connectivity index (χ3v) is 7.87. The van der Waals surface area contributed by atoms with E-state index in [2.05, 4.69) is 15.3 Å². The third kappa shape index (κ3) is 4.10. The molecule has 0 bridgehead atoms. The average Bonchev–Trinajstić information content (AvgIpc) is 3.64. The predicted octanol–water partition coefficient (Wildman–Crippen LogP) is 3.75. The molecule has 1 saturated carbocycles. The Morgan fingerprint density at radius 2 is 1.71 bits per heavy atom. The first-order valence-corrected chi connectivity index (χ1v) is 11.6. The van der Waals surface area contributed by atoms with Crippen molar-refractivity contribution < 1.29 is 17.9 Å². The molecule has 0 amide bonds. The molecule has 0 saturated heterocycles. The summed E-state index contributed by atoms with van der Waals surface area (Å²) in [5.41, 5.74) is 2.41. The van der Waals surface area contributed by atoms with Gasteiger partial charge in [-0.25, -0.2) is 18.4 Å². The summed E-state index contributed by atoms with van der Waals surface area (Å²) in [5.74, 6) is 1.88. The molecule has 1 atom stereocenters. The van der Waals surface area contributed by atoms with E-state index in [0.717, 1.165) is 29.3 Å². The van der Waals surface area contributed by atoms with E-state index in [1.807, 2.05) is 43.3 Å². The normalized spacial score (nSPS) is 14.8. The second-order valence-corrected chi connectivity index (χ2v) is 9.86. The number of rotatable bonds is 8. The van der Waals surface area contributed by atoms with Crippen LogP contribution < -0.4 is 19.1 Å². The number of hydrogen-bond acceptors (Lipinski definition) is 7. The van der Waals surface area contributed by atoms with Crippen LogP contribution in [0.25, 0.3) is 10.9 Å². The van der Waals surface area contributed by atoms with Crippen molar-refractivity contribution in [1.82, 2.24) is 9.97 Å². The van der Waals surface area contributed by atoms with E-state index in [1.54, 1.807) is 21.3 Å². The second-order valence-electron chi connectivity index (χ2n) is 7.62. The molecule has 8 nitrogen and oxygen atoms in total. The third-order valence-electron chi connectivity index (χ3n) is 5.58. The van der Waals surface area contributed by atoms with Crippen LogP contribution in [0.15, 0.2) is 42.7 Å². The van der Waals surface area contributed by atoms with Gasteiger partial charge in [0, 0.05) is 24.5 Å². The molecule has 1 aromatic heterocycles. The lowest BCUT2D eigenvalue weighted by atomic mass is 10.1. The zero-order valence-corrected chi connectivity index (χ0v) is 18.8. The Labute approximate surface area is 182 Å². The highest BCUT2D eigenvalue weighted by atomic mass is 32.2. The van der Waals surface area contributed by atoms with Crippen LogP contribution in [0.3, 0.4) is 0 Å².